The Labute approximate surface area is 204 Å². The van der Waals surface area contributed by atoms with Crippen LogP contribution in [0.3, 0.4) is 0 Å². The van der Waals surface area contributed by atoms with E-state index in [-0.39, 0.29) is 24.7 Å². The van der Waals surface area contributed by atoms with Crippen molar-refractivity contribution in [3.63, 3.8) is 0 Å². The lowest BCUT2D eigenvalue weighted by molar-refractivity contribution is -0.145. The highest BCUT2D eigenvalue weighted by Crippen LogP contribution is 2.20. The van der Waals surface area contributed by atoms with E-state index in [9.17, 15) is 24.3 Å². The number of carboxylic acids is 1. The van der Waals surface area contributed by atoms with Crippen LogP contribution in [0, 0.1) is 0 Å². The largest absolute Gasteiger partial charge is 0.480 e. The molecular formula is C20H38N8O5S. The summed E-state index contributed by atoms with van der Waals surface area (Å²) in [6.45, 7) is 0.995. The molecule has 34 heavy (non-hydrogen) atoms. The molecule has 4 unspecified atom stereocenters. The van der Waals surface area contributed by atoms with Crippen LogP contribution in [0.1, 0.15) is 44.9 Å². The molecule has 3 amide bonds. The van der Waals surface area contributed by atoms with E-state index in [0.717, 1.165) is 0 Å². The number of amides is 3. The van der Waals surface area contributed by atoms with Gasteiger partial charge in [-0.25, -0.2) is 4.79 Å². The number of guanidine groups is 1. The second-order valence-corrected chi connectivity index (χ2v) is 8.54. The van der Waals surface area contributed by atoms with Gasteiger partial charge in [-0.05, 0) is 51.5 Å². The molecule has 1 aliphatic rings. The number of carbonyl (C=O) groups excluding carboxylic acids is 3. The van der Waals surface area contributed by atoms with Crippen molar-refractivity contribution in [3.8, 4) is 0 Å². The molecule has 0 aromatic carbocycles. The van der Waals surface area contributed by atoms with Crippen molar-refractivity contribution >= 4 is 42.3 Å². The Balaban J connectivity index is 2.87. The quantitative estimate of drug-likeness (QED) is 0.0509. The van der Waals surface area contributed by atoms with Crippen LogP contribution in [-0.4, -0.2) is 89.2 Å². The third-order valence-corrected chi connectivity index (χ3v) is 5.89. The normalized spacial score (nSPS) is 18.0. The van der Waals surface area contributed by atoms with Gasteiger partial charge < -0.3 is 43.6 Å². The van der Waals surface area contributed by atoms with Crippen LogP contribution in [0.2, 0.25) is 0 Å². The minimum absolute atomic E-state index is 0.0977. The number of rotatable bonds is 15. The summed E-state index contributed by atoms with van der Waals surface area (Å²) >= 11 is 4.01. The molecular weight excluding hydrogens is 464 g/mol. The second-order valence-electron chi connectivity index (χ2n) is 8.17. The standard InChI is InChI=1S/C20H38N8O5S/c21-8-2-1-5-13(26-16(29)12(22)11-34)18(31)28-10-4-7-15(28)17(30)27-14(19(32)33)6-3-9-25-20(23)24/h12-15,34H,1-11,21-22H2,(H,26,29)(H,27,30)(H,32,33)(H4,23,24,25). The maximum atomic E-state index is 13.3. The van der Waals surface area contributed by atoms with E-state index in [1.807, 2.05) is 0 Å². The summed E-state index contributed by atoms with van der Waals surface area (Å²) in [7, 11) is 0. The summed E-state index contributed by atoms with van der Waals surface area (Å²) in [5.41, 5.74) is 21.8. The smallest absolute Gasteiger partial charge is 0.326 e. The van der Waals surface area contributed by atoms with E-state index in [0.29, 0.717) is 51.6 Å². The number of carboxylic acid groups (broad SMARTS) is 1. The van der Waals surface area contributed by atoms with Gasteiger partial charge in [0.15, 0.2) is 5.96 Å². The molecule has 0 spiro atoms. The molecule has 1 aliphatic heterocycles. The minimum atomic E-state index is -1.19. The van der Waals surface area contributed by atoms with Crippen LogP contribution in [-0.2, 0) is 19.2 Å². The average Bonchev–Trinajstić information content (AvgIpc) is 3.29. The number of nitrogens with one attached hydrogen (secondary N) is 2. The highest BCUT2D eigenvalue weighted by molar-refractivity contribution is 7.80. The Morgan fingerprint density at radius 1 is 1.09 bits per heavy atom. The fourth-order valence-electron chi connectivity index (χ4n) is 3.64. The Hall–Kier alpha value is -2.58. The van der Waals surface area contributed by atoms with Crippen LogP contribution in [0.5, 0.6) is 0 Å². The van der Waals surface area contributed by atoms with Crippen molar-refractivity contribution in [2.75, 3.05) is 25.4 Å². The lowest BCUT2D eigenvalue weighted by Gasteiger charge is -2.30. The molecule has 14 heteroatoms. The summed E-state index contributed by atoms with van der Waals surface area (Å²) in [5, 5.41) is 14.7. The fourth-order valence-corrected chi connectivity index (χ4v) is 3.81. The fraction of sp³-hybridized carbons (Fsp3) is 0.750. The first-order chi connectivity index (χ1) is 16.1. The first kappa shape index (κ1) is 29.5. The molecule has 0 saturated carbocycles. The number of hydrogen-bond acceptors (Lipinski definition) is 8. The van der Waals surface area contributed by atoms with Gasteiger partial charge in [0.1, 0.15) is 18.1 Å². The molecule has 0 bridgehead atoms. The molecule has 11 N–H and O–H groups in total. The van der Waals surface area contributed by atoms with Gasteiger partial charge in [0.2, 0.25) is 17.7 Å². The van der Waals surface area contributed by atoms with E-state index in [4.69, 9.17) is 22.9 Å². The molecule has 13 nitrogen and oxygen atoms in total. The summed E-state index contributed by atoms with van der Waals surface area (Å²) in [4.78, 5) is 55.3. The number of likely N-dealkylation sites (tertiary alicyclic amines) is 1. The highest BCUT2D eigenvalue weighted by atomic mass is 32.1. The van der Waals surface area contributed by atoms with Gasteiger partial charge in [-0.3, -0.25) is 19.4 Å². The molecule has 1 fully saturated rings. The summed E-state index contributed by atoms with van der Waals surface area (Å²) in [5.74, 6) is -2.65. The maximum Gasteiger partial charge on any atom is 0.326 e. The molecule has 0 aliphatic carbocycles. The second kappa shape index (κ2) is 15.3. The lowest BCUT2D eigenvalue weighted by Crippen LogP contribution is -2.57. The number of hydrogen-bond donors (Lipinski definition) is 8. The topological polar surface area (TPSA) is 232 Å². The van der Waals surface area contributed by atoms with Crippen molar-refractivity contribution in [2.45, 2.75) is 69.1 Å². The number of aliphatic carboxylic acids is 1. The molecule has 194 valence electrons. The Morgan fingerprint density at radius 2 is 1.76 bits per heavy atom. The SMILES string of the molecule is NCCCCC(NC(=O)C(N)CS)C(=O)N1CCCC1C(=O)NC(CCCN=C(N)N)C(=O)O. The van der Waals surface area contributed by atoms with Crippen molar-refractivity contribution in [3.05, 3.63) is 0 Å². The summed E-state index contributed by atoms with van der Waals surface area (Å²) < 4.78 is 0. The molecule has 0 radical (unpaired) electrons. The van der Waals surface area contributed by atoms with Crippen molar-refractivity contribution in [2.24, 2.45) is 27.9 Å². The van der Waals surface area contributed by atoms with Gasteiger partial charge in [-0.2, -0.15) is 12.6 Å². The minimum Gasteiger partial charge on any atom is -0.480 e. The number of aliphatic imine (C=N–C) groups is 1. The predicted molar refractivity (Wildman–Crippen MR) is 131 cm³/mol. The van der Waals surface area contributed by atoms with Crippen LogP contribution in [0.15, 0.2) is 4.99 Å². The number of thiol groups is 1. The molecule has 1 rings (SSSR count). The first-order valence-corrected chi connectivity index (χ1v) is 12.0. The third-order valence-electron chi connectivity index (χ3n) is 5.49. The Bertz CT molecular complexity index is 734. The monoisotopic (exact) mass is 502 g/mol. The predicted octanol–water partition coefficient (Wildman–Crippen LogP) is -2.53. The summed E-state index contributed by atoms with van der Waals surface area (Å²) in [6.07, 6.45) is 3.05. The van der Waals surface area contributed by atoms with Gasteiger partial charge in [-0.1, -0.05) is 0 Å². The maximum absolute atomic E-state index is 13.3. The van der Waals surface area contributed by atoms with Gasteiger partial charge >= 0.3 is 5.97 Å². The Morgan fingerprint density at radius 3 is 2.35 bits per heavy atom. The molecule has 1 saturated heterocycles. The van der Waals surface area contributed by atoms with Crippen LogP contribution >= 0.6 is 12.6 Å². The van der Waals surface area contributed by atoms with Gasteiger partial charge in [0.05, 0.1) is 6.04 Å². The molecule has 0 aromatic rings. The zero-order valence-corrected chi connectivity index (χ0v) is 20.2. The van der Waals surface area contributed by atoms with Gasteiger partial charge in [0, 0.05) is 18.8 Å². The van der Waals surface area contributed by atoms with Crippen LogP contribution in [0.4, 0.5) is 0 Å². The van der Waals surface area contributed by atoms with Crippen molar-refractivity contribution < 1.29 is 24.3 Å². The molecule has 0 aromatic heterocycles. The summed E-state index contributed by atoms with van der Waals surface area (Å²) in [6, 6.07) is -3.72. The first-order valence-electron chi connectivity index (χ1n) is 11.4. The third kappa shape index (κ3) is 9.73. The zero-order chi connectivity index (χ0) is 25.7. The molecule has 4 atom stereocenters. The lowest BCUT2D eigenvalue weighted by atomic mass is 10.1. The Kier molecular flexibility index (Phi) is 13.3. The van der Waals surface area contributed by atoms with Crippen LogP contribution in [0.25, 0.3) is 0 Å². The van der Waals surface area contributed by atoms with E-state index in [1.165, 1.54) is 4.90 Å². The number of nitrogens with two attached hydrogens (primary N) is 4. The van der Waals surface area contributed by atoms with E-state index in [2.05, 4.69) is 28.3 Å². The average molecular weight is 503 g/mol. The van der Waals surface area contributed by atoms with Gasteiger partial charge in [-0.15, -0.1) is 0 Å². The van der Waals surface area contributed by atoms with Crippen LogP contribution < -0.4 is 33.6 Å². The van der Waals surface area contributed by atoms with Crippen molar-refractivity contribution in [1.82, 2.24) is 15.5 Å². The number of carbonyl (C=O) groups is 4. The number of nitrogens with zero attached hydrogens (tertiary/aromatic N) is 2. The van der Waals surface area contributed by atoms with E-state index in [1.54, 1.807) is 0 Å². The van der Waals surface area contributed by atoms with E-state index < -0.39 is 47.9 Å². The van der Waals surface area contributed by atoms with E-state index >= 15 is 0 Å². The van der Waals surface area contributed by atoms with Gasteiger partial charge in [0.25, 0.3) is 0 Å². The molecule has 1 heterocycles. The number of unbranched alkanes of at least 4 members (excludes halogenated alkanes) is 1. The zero-order valence-electron chi connectivity index (χ0n) is 19.3. The van der Waals surface area contributed by atoms with Crippen molar-refractivity contribution in [1.29, 1.82) is 0 Å². The highest BCUT2D eigenvalue weighted by Gasteiger charge is 2.38.